The van der Waals surface area contributed by atoms with Crippen LogP contribution in [0.1, 0.15) is 58.8 Å². The summed E-state index contributed by atoms with van der Waals surface area (Å²) < 4.78 is 0. The van der Waals surface area contributed by atoms with E-state index in [0.29, 0.717) is 6.42 Å². The molecule has 0 amide bonds. The Hall–Kier alpha value is -0.0400. The van der Waals surface area contributed by atoms with Crippen LogP contribution in [0, 0.1) is 0 Å². The minimum atomic E-state index is 0.209. The maximum absolute atomic E-state index is 10.7. The van der Waals surface area contributed by atoms with Crippen LogP contribution in [0.5, 0.6) is 0 Å². The van der Waals surface area contributed by atoms with E-state index < -0.39 is 0 Å². The van der Waals surface area contributed by atoms with E-state index in [1.165, 1.54) is 25.7 Å². The number of Topliss-reactive ketones (excluding diaryl/α,β-unsaturated/α-hetero) is 1. The van der Waals surface area contributed by atoms with Crippen molar-refractivity contribution in [3.8, 4) is 0 Å². The number of halogens is 1. The Balaban J connectivity index is 3.19. The minimum absolute atomic E-state index is 0.209. The lowest BCUT2D eigenvalue weighted by Gasteiger charge is -2.07. The first-order valence-corrected chi connectivity index (χ1v) is 5.74. The fourth-order valence-corrected chi connectivity index (χ4v) is 1.56. The van der Waals surface area contributed by atoms with Gasteiger partial charge in [-0.2, -0.15) is 0 Å². The molecule has 0 aromatic carbocycles. The number of unbranched alkanes of at least 4 members (excludes halogenated alkanes) is 3. The smallest absolute Gasteiger partial charge is 0.129 e. The number of carbonyl (C=O) groups excluding carboxylic acids is 1. The van der Waals surface area contributed by atoms with Gasteiger partial charge in [0.1, 0.15) is 5.78 Å². The van der Waals surface area contributed by atoms with Crippen LogP contribution in [0.3, 0.4) is 0 Å². The Bertz CT molecular complexity index is 134. The van der Waals surface area contributed by atoms with Gasteiger partial charge in [0, 0.05) is 11.8 Å². The highest BCUT2D eigenvalue weighted by Crippen LogP contribution is 2.14. The van der Waals surface area contributed by atoms with Crippen LogP contribution in [0.15, 0.2) is 0 Å². The summed E-state index contributed by atoms with van der Waals surface area (Å²) in [6.45, 7) is 3.83. The molecule has 13 heavy (non-hydrogen) atoms. The topological polar surface area (TPSA) is 17.1 Å². The molecule has 0 fully saturated rings. The molecule has 1 nitrogen and oxygen atoms in total. The van der Waals surface area contributed by atoms with E-state index in [4.69, 9.17) is 11.6 Å². The summed E-state index contributed by atoms with van der Waals surface area (Å²) in [6.07, 6.45) is 7.61. The SMILES string of the molecule is CCCCCCC(Cl)CCC(C)=O. The Morgan fingerprint density at radius 2 is 1.92 bits per heavy atom. The molecule has 0 saturated carbocycles. The molecular formula is C11H21ClO. The number of hydrogen-bond acceptors (Lipinski definition) is 1. The van der Waals surface area contributed by atoms with Gasteiger partial charge in [0.15, 0.2) is 0 Å². The molecule has 0 bridgehead atoms. The average Bonchev–Trinajstić information content (AvgIpc) is 2.09. The molecule has 1 unspecified atom stereocenters. The van der Waals surface area contributed by atoms with Crippen molar-refractivity contribution in [3.05, 3.63) is 0 Å². The molecule has 0 aromatic heterocycles. The van der Waals surface area contributed by atoms with Crippen molar-refractivity contribution in [1.29, 1.82) is 0 Å². The fraction of sp³-hybridized carbons (Fsp3) is 0.909. The van der Waals surface area contributed by atoms with Crippen molar-refractivity contribution < 1.29 is 4.79 Å². The molecule has 2 heteroatoms. The monoisotopic (exact) mass is 204 g/mol. The molecular weight excluding hydrogens is 184 g/mol. The lowest BCUT2D eigenvalue weighted by molar-refractivity contribution is -0.117. The molecule has 0 spiro atoms. The predicted molar refractivity (Wildman–Crippen MR) is 58.3 cm³/mol. The number of hydrogen-bond donors (Lipinski definition) is 0. The van der Waals surface area contributed by atoms with E-state index in [0.717, 1.165) is 12.8 Å². The Morgan fingerprint density at radius 1 is 1.23 bits per heavy atom. The molecule has 0 N–H and O–H groups in total. The summed E-state index contributed by atoms with van der Waals surface area (Å²) in [7, 11) is 0. The minimum Gasteiger partial charge on any atom is -0.300 e. The van der Waals surface area contributed by atoms with E-state index in [1.807, 2.05) is 0 Å². The van der Waals surface area contributed by atoms with E-state index in [1.54, 1.807) is 6.92 Å². The van der Waals surface area contributed by atoms with Gasteiger partial charge in [-0.3, -0.25) is 0 Å². The molecule has 0 heterocycles. The Kier molecular flexibility index (Phi) is 8.53. The van der Waals surface area contributed by atoms with Gasteiger partial charge < -0.3 is 4.79 Å². The van der Waals surface area contributed by atoms with Crippen molar-refractivity contribution in [3.63, 3.8) is 0 Å². The lowest BCUT2D eigenvalue weighted by atomic mass is 10.1. The van der Waals surface area contributed by atoms with Crippen LogP contribution in [0.2, 0.25) is 0 Å². The van der Waals surface area contributed by atoms with Crippen LogP contribution in [0.4, 0.5) is 0 Å². The van der Waals surface area contributed by atoms with E-state index in [-0.39, 0.29) is 11.2 Å². The van der Waals surface area contributed by atoms with Crippen LogP contribution in [-0.2, 0) is 4.79 Å². The summed E-state index contributed by atoms with van der Waals surface area (Å²) in [4.78, 5) is 10.7. The third-order valence-electron chi connectivity index (χ3n) is 2.18. The van der Waals surface area contributed by atoms with Crippen molar-refractivity contribution in [2.45, 2.75) is 64.2 Å². The molecule has 0 saturated heterocycles. The maximum Gasteiger partial charge on any atom is 0.129 e. The van der Waals surface area contributed by atoms with Gasteiger partial charge in [-0.1, -0.05) is 32.6 Å². The van der Waals surface area contributed by atoms with E-state index in [2.05, 4.69) is 6.92 Å². The average molecular weight is 205 g/mol. The van der Waals surface area contributed by atoms with E-state index in [9.17, 15) is 4.79 Å². The summed E-state index contributed by atoms with van der Waals surface area (Å²) in [5.74, 6) is 0.249. The molecule has 0 aromatic rings. The van der Waals surface area contributed by atoms with Crippen LogP contribution >= 0.6 is 11.6 Å². The van der Waals surface area contributed by atoms with Crippen molar-refractivity contribution in [2.75, 3.05) is 0 Å². The first kappa shape index (κ1) is 13.0. The highest BCUT2D eigenvalue weighted by atomic mass is 35.5. The highest BCUT2D eigenvalue weighted by molar-refractivity contribution is 6.20. The van der Waals surface area contributed by atoms with Crippen LogP contribution < -0.4 is 0 Å². The Labute approximate surface area is 86.9 Å². The molecule has 0 aliphatic heterocycles. The first-order valence-electron chi connectivity index (χ1n) is 5.30. The van der Waals surface area contributed by atoms with Gasteiger partial charge >= 0.3 is 0 Å². The van der Waals surface area contributed by atoms with Crippen molar-refractivity contribution in [1.82, 2.24) is 0 Å². The summed E-state index contributed by atoms with van der Waals surface area (Å²) in [5, 5.41) is 0.209. The zero-order chi connectivity index (χ0) is 10.1. The molecule has 0 radical (unpaired) electrons. The predicted octanol–water partition coefficient (Wildman–Crippen LogP) is 3.93. The number of rotatable bonds is 8. The lowest BCUT2D eigenvalue weighted by Crippen LogP contribution is -2.01. The largest absolute Gasteiger partial charge is 0.300 e. The summed E-state index contributed by atoms with van der Waals surface area (Å²) in [5.41, 5.74) is 0. The molecule has 78 valence electrons. The number of ketones is 1. The van der Waals surface area contributed by atoms with Crippen molar-refractivity contribution in [2.24, 2.45) is 0 Å². The number of alkyl halides is 1. The molecule has 0 rings (SSSR count). The van der Waals surface area contributed by atoms with Gasteiger partial charge in [-0.15, -0.1) is 11.6 Å². The van der Waals surface area contributed by atoms with Gasteiger partial charge in [0.2, 0.25) is 0 Å². The summed E-state index contributed by atoms with van der Waals surface area (Å²) in [6, 6.07) is 0. The normalized spacial score (nSPS) is 12.8. The third kappa shape index (κ3) is 9.88. The zero-order valence-corrected chi connectivity index (χ0v) is 9.57. The van der Waals surface area contributed by atoms with Crippen molar-refractivity contribution >= 4 is 17.4 Å². The first-order chi connectivity index (χ1) is 6.16. The fourth-order valence-electron chi connectivity index (χ4n) is 1.30. The zero-order valence-electron chi connectivity index (χ0n) is 8.81. The van der Waals surface area contributed by atoms with Gasteiger partial charge in [0.05, 0.1) is 0 Å². The van der Waals surface area contributed by atoms with Gasteiger partial charge in [0.25, 0.3) is 0 Å². The second kappa shape index (κ2) is 8.55. The molecule has 1 atom stereocenters. The third-order valence-corrected chi connectivity index (χ3v) is 2.62. The van der Waals surface area contributed by atoms with Gasteiger partial charge in [-0.25, -0.2) is 0 Å². The summed E-state index contributed by atoms with van der Waals surface area (Å²) >= 11 is 6.05. The Morgan fingerprint density at radius 3 is 2.46 bits per heavy atom. The second-order valence-electron chi connectivity index (χ2n) is 3.69. The van der Waals surface area contributed by atoms with E-state index >= 15 is 0 Å². The number of carbonyl (C=O) groups is 1. The standard InChI is InChI=1S/C11H21ClO/c1-3-4-5-6-7-11(12)9-8-10(2)13/h11H,3-9H2,1-2H3. The van der Waals surface area contributed by atoms with Gasteiger partial charge in [-0.05, 0) is 19.8 Å². The van der Waals surface area contributed by atoms with Crippen LogP contribution in [0.25, 0.3) is 0 Å². The molecule has 0 aliphatic rings. The highest BCUT2D eigenvalue weighted by Gasteiger charge is 2.05. The van der Waals surface area contributed by atoms with Crippen LogP contribution in [-0.4, -0.2) is 11.2 Å². The second-order valence-corrected chi connectivity index (χ2v) is 4.30. The quantitative estimate of drug-likeness (QED) is 0.433. The molecule has 0 aliphatic carbocycles. The maximum atomic E-state index is 10.7.